The average Bonchev–Trinajstić information content (AvgIpc) is 2.18. The van der Waals surface area contributed by atoms with Crippen LogP contribution in [0, 0.1) is 12.8 Å². The number of benzene rings is 1. The molecule has 1 N–H and O–H groups in total. The van der Waals surface area contributed by atoms with Crippen LogP contribution in [0.15, 0.2) is 24.3 Å². The number of aryl methyl sites for hydroxylation is 1. The standard InChI is InChI=1S/C14H20O/c1-11-5-7-13(8-6-11)14(15)9-3-4-12(2)10-14/h5-8,12,15H,3-4,9-10H2,1-2H3/t12-,14+/m0/s1. The summed E-state index contributed by atoms with van der Waals surface area (Å²) in [6.45, 7) is 4.32. The number of hydrogen-bond acceptors (Lipinski definition) is 1. The van der Waals surface area contributed by atoms with E-state index in [0.717, 1.165) is 24.8 Å². The van der Waals surface area contributed by atoms with Gasteiger partial charge in [-0.05, 0) is 37.7 Å². The number of rotatable bonds is 1. The SMILES string of the molecule is Cc1ccc([C@@]2(O)CCC[C@H](C)C2)cc1. The van der Waals surface area contributed by atoms with Crippen LogP contribution < -0.4 is 0 Å². The van der Waals surface area contributed by atoms with Gasteiger partial charge in [-0.1, -0.05) is 43.2 Å². The smallest absolute Gasteiger partial charge is 0.0899 e. The first-order valence-corrected chi connectivity index (χ1v) is 5.90. The summed E-state index contributed by atoms with van der Waals surface area (Å²) >= 11 is 0. The fourth-order valence-electron chi connectivity index (χ4n) is 2.65. The van der Waals surface area contributed by atoms with Crippen LogP contribution in [0.4, 0.5) is 0 Å². The second-order valence-corrected chi connectivity index (χ2v) is 5.10. The van der Waals surface area contributed by atoms with Gasteiger partial charge in [-0.25, -0.2) is 0 Å². The van der Waals surface area contributed by atoms with Crippen LogP contribution in [0.1, 0.15) is 43.7 Å². The van der Waals surface area contributed by atoms with E-state index in [9.17, 15) is 5.11 Å². The van der Waals surface area contributed by atoms with Crippen molar-refractivity contribution in [2.45, 2.75) is 45.1 Å². The highest BCUT2D eigenvalue weighted by molar-refractivity contribution is 5.27. The summed E-state index contributed by atoms with van der Waals surface area (Å²) in [5.74, 6) is 0.644. The summed E-state index contributed by atoms with van der Waals surface area (Å²) < 4.78 is 0. The second-order valence-electron chi connectivity index (χ2n) is 5.10. The lowest BCUT2D eigenvalue weighted by Gasteiger charge is -2.36. The van der Waals surface area contributed by atoms with E-state index in [2.05, 4.69) is 38.1 Å². The van der Waals surface area contributed by atoms with Crippen LogP contribution >= 0.6 is 0 Å². The molecule has 2 atom stereocenters. The summed E-state index contributed by atoms with van der Waals surface area (Å²) in [6.07, 6.45) is 4.23. The molecule has 2 rings (SSSR count). The maximum Gasteiger partial charge on any atom is 0.0899 e. The van der Waals surface area contributed by atoms with Crippen molar-refractivity contribution >= 4 is 0 Å². The fraction of sp³-hybridized carbons (Fsp3) is 0.571. The Balaban J connectivity index is 2.24. The van der Waals surface area contributed by atoms with Crippen molar-refractivity contribution in [2.75, 3.05) is 0 Å². The van der Waals surface area contributed by atoms with Gasteiger partial charge in [-0.2, -0.15) is 0 Å². The topological polar surface area (TPSA) is 20.2 Å². The van der Waals surface area contributed by atoms with Crippen molar-refractivity contribution in [1.29, 1.82) is 0 Å². The average molecular weight is 204 g/mol. The lowest BCUT2D eigenvalue weighted by molar-refractivity contribution is -0.0178. The molecule has 1 nitrogen and oxygen atoms in total. The third kappa shape index (κ3) is 2.23. The van der Waals surface area contributed by atoms with Gasteiger partial charge in [0.1, 0.15) is 0 Å². The van der Waals surface area contributed by atoms with E-state index < -0.39 is 5.60 Å². The van der Waals surface area contributed by atoms with Gasteiger partial charge >= 0.3 is 0 Å². The number of aliphatic hydroxyl groups is 1. The lowest BCUT2D eigenvalue weighted by Crippen LogP contribution is -2.31. The van der Waals surface area contributed by atoms with Gasteiger partial charge in [-0.15, -0.1) is 0 Å². The molecule has 1 aliphatic carbocycles. The van der Waals surface area contributed by atoms with E-state index in [1.165, 1.54) is 12.0 Å². The van der Waals surface area contributed by atoms with Crippen molar-refractivity contribution in [3.05, 3.63) is 35.4 Å². The molecule has 0 amide bonds. The van der Waals surface area contributed by atoms with Gasteiger partial charge in [-0.3, -0.25) is 0 Å². The van der Waals surface area contributed by atoms with Crippen LogP contribution in [-0.2, 0) is 5.60 Å². The first-order chi connectivity index (χ1) is 7.10. The maximum atomic E-state index is 10.6. The normalized spacial score (nSPS) is 31.5. The quantitative estimate of drug-likeness (QED) is 0.743. The first kappa shape index (κ1) is 10.7. The van der Waals surface area contributed by atoms with E-state index in [-0.39, 0.29) is 0 Å². The van der Waals surface area contributed by atoms with Gasteiger partial charge < -0.3 is 5.11 Å². The van der Waals surface area contributed by atoms with Gasteiger partial charge in [0.2, 0.25) is 0 Å². The zero-order valence-electron chi connectivity index (χ0n) is 9.66. The Morgan fingerprint density at radius 3 is 2.53 bits per heavy atom. The third-order valence-electron chi connectivity index (χ3n) is 3.56. The molecule has 1 aromatic rings. The Morgan fingerprint density at radius 1 is 1.27 bits per heavy atom. The van der Waals surface area contributed by atoms with Crippen molar-refractivity contribution in [3.8, 4) is 0 Å². The summed E-state index contributed by atoms with van der Waals surface area (Å²) in [6, 6.07) is 8.33. The Hall–Kier alpha value is -0.820. The fourth-order valence-corrected chi connectivity index (χ4v) is 2.65. The molecule has 1 aromatic carbocycles. The molecule has 82 valence electrons. The zero-order valence-corrected chi connectivity index (χ0v) is 9.66. The highest BCUT2D eigenvalue weighted by Gasteiger charge is 2.33. The molecule has 1 heteroatoms. The van der Waals surface area contributed by atoms with Crippen molar-refractivity contribution in [1.82, 2.24) is 0 Å². The summed E-state index contributed by atoms with van der Waals surface area (Å²) in [5, 5.41) is 10.6. The summed E-state index contributed by atoms with van der Waals surface area (Å²) in [5.41, 5.74) is 1.79. The lowest BCUT2D eigenvalue weighted by atomic mass is 9.75. The molecule has 1 fully saturated rings. The summed E-state index contributed by atoms with van der Waals surface area (Å²) in [7, 11) is 0. The minimum Gasteiger partial charge on any atom is -0.385 e. The molecule has 0 heterocycles. The van der Waals surface area contributed by atoms with E-state index in [1.807, 2.05) is 0 Å². The minimum absolute atomic E-state index is 0.564. The molecular weight excluding hydrogens is 184 g/mol. The molecule has 0 aromatic heterocycles. The minimum atomic E-state index is -0.564. The molecule has 0 saturated heterocycles. The Kier molecular flexibility index (Phi) is 2.83. The largest absolute Gasteiger partial charge is 0.385 e. The van der Waals surface area contributed by atoms with Crippen molar-refractivity contribution < 1.29 is 5.11 Å². The van der Waals surface area contributed by atoms with Crippen LogP contribution in [-0.4, -0.2) is 5.11 Å². The third-order valence-corrected chi connectivity index (χ3v) is 3.56. The van der Waals surface area contributed by atoms with Crippen LogP contribution in [0.5, 0.6) is 0 Å². The maximum absolute atomic E-state index is 10.6. The van der Waals surface area contributed by atoms with E-state index in [1.54, 1.807) is 0 Å². The molecule has 1 saturated carbocycles. The van der Waals surface area contributed by atoms with Crippen molar-refractivity contribution in [2.24, 2.45) is 5.92 Å². The highest BCUT2D eigenvalue weighted by atomic mass is 16.3. The van der Waals surface area contributed by atoms with Crippen LogP contribution in [0.2, 0.25) is 0 Å². The number of hydrogen-bond donors (Lipinski definition) is 1. The molecule has 0 aliphatic heterocycles. The Morgan fingerprint density at radius 2 is 1.93 bits per heavy atom. The Labute approximate surface area is 92.1 Å². The van der Waals surface area contributed by atoms with E-state index >= 15 is 0 Å². The molecule has 0 bridgehead atoms. The molecule has 0 radical (unpaired) electrons. The summed E-state index contributed by atoms with van der Waals surface area (Å²) in [4.78, 5) is 0. The van der Waals surface area contributed by atoms with Crippen LogP contribution in [0.3, 0.4) is 0 Å². The zero-order chi connectivity index (χ0) is 10.9. The predicted molar refractivity (Wildman–Crippen MR) is 62.7 cm³/mol. The molecule has 1 aliphatic rings. The Bertz CT molecular complexity index is 328. The molecular formula is C14H20O. The van der Waals surface area contributed by atoms with Gasteiger partial charge in [0, 0.05) is 0 Å². The van der Waals surface area contributed by atoms with Crippen LogP contribution in [0.25, 0.3) is 0 Å². The van der Waals surface area contributed by atoms with Gasteiger partial charge in [0.25, 0.3) is 0 Å². The monoisotopic (exact) mass is 204 g/mol. The molecule has 15 heavy (non-hydrogen) atoms. The molecule has 0 unspecified atom stereocenters. The van der Waals surface area contributed by atoms with Gasteiger partial charge in [0.15, 0.2) is 0 Å². The van der Waals surface area contributed by atoms with Gasteiger partial charge in [0.05, 0.1) is 5.60 Å². The predicted octanol–water partition coefficient (Wildman–Crippen LogP) is 3.39. The van der Waals surface area contributed by atoms with E-state index in [4.69, 9.17) is 0 Å². The van der Waals surface area contributed by atoms with E-state index in [0.29, 0.717) is 5.92 Å². The van der Waals surface area contributed by atoms with Crippen molar-refractivity contribution in [3.63, 3.8) is 0 Å². The first-order valence-electron chi connectivity index (χ1n) is 5.90. The highest BCUT2D eigenvalue weighted by Crippen LogP contribution is 2.39. The second kappa shape index (κ2) is 3.97. The molecule has 0 spiro atoms.